The lowest BCUT2D eigenvalue weighted by Crippen LogP contribution is -2.34. The van der Waals surface area contributed by atoms with Gasteiger partial charge in [0.2, 0.25) is 0 Å². The minimum Gasteiger partial charge on any atom is -0.480 e. The van der Waals surface area contributed by atoms with Crippen molar-refractivity contribution in [2.45, 2.75) is 24.0 Å². The first-order chi connectivity index (χ1) is 7.64. The maximum atomic E-state index is 11.4. The SMILES string of the molecule is O=C(O)C1(Cc2ccccc2Br)CCCS1. The van der Waals surface area contributed by atoms with Crippen molar-refractivity contribution in [2.24, 2.45) is 0 Å². The maximum absolute atomic E-state index is 11.4. The smallest absolute Gasteiger partial charge is 0.320 e. The van der Waals surface area contributed by atoms with E-state index < -0.39 is 10.7 Å². The first-order valence-electron chi connectivity index (χ1n) is 5.25. The third kappa shape index (κ3) is 2.28. The van der Waals surface area contributed by atoms with E-state index in [4.69, 9.17) is 0 Å². The molecule has 1 N–H and O–H groups in total. The molecule has 16 heavy (non-hydrogen) atoms. The Kier molecular flexibility index (Phi) is 3.60. The Morgan fingerprint density at radius 2 is 2.25 bits per heavy atom. The van der Waals surface area contributed by atoms with E-state index in [-0.39, 0.29) is 0 Å². The molecule has 1 atom stereocenters. The largest absolute Gasteiger partial charge is 0.480 e. The number of aliphatic carboxylic acids is 1. The molecule has 0 aromatic heterocycles. The van der Waals surface area contributed by atoms with Gasteiger partial charge in [-0.15, -0.1) is 11.8 Å². The number of hydrogen-bond donors (Lipinski definition) is 1. The molecule has 86 valence electrons. The topological polar surface area (TPSA) is 37.3 Å². The lowest BCUT2D eigenvalue weighted by Gasteiger charge is -2.23. The second-order valence-corrected chi connectivity index (χ2v) is 6.35. The summed E-state index contributed by atoms with van der Waals surface area (Å²) in [4.78, 5) is 11.4. The number of rotatable bonds is 3. The lowest BCUT2D eigenvalue weighted by atomic mass is 9.94. The standard InChI is InChI=1S/C12H13BrO2S/c13-10-5-2-1-4-9(10)8-12(11(14)15)6-3-7-16-12/h1-2,4-5H,3,6-8H2,(H,14,15). The van der Waals surface area contributed by atoms with Crippen molar-refractivity contribution in [3.8, 4) is 0 Å². The van der Waals surface area contributed by atoms with Gasteiger partial charge in [-0.25, -0.2) is 0 Å². The van der Waals surface area contributed by atoms with Crippen molar-refractivity contribution in [1.82, 2.24) is 0 Å². The Hall–Kier alpha value is -0.480. The van der Waals surface area contributed by atoms with Crippen molar-refractivity contribution in [3.05, 3.63) is 34.3 Å². The number of carboxylic acids is 1. The summed E-state index contributed by atoms with van der Waals surface area (Å²) >= 11 is 5.06. The van der Waals surface area contributed by atoms with Crippen LogP contribution in [0, 0.1) is 0 Å². The fourth-order valence-corrected chi connectivity index (χ4v) is 3.80. The first-order valence-corrected chi connectivity index (χ1v) is 7.03. The van der Waals surface area contributed by atoms with Crippen LogP contribution in [0.25, 0.3) is 0 Å². The van der Waals surface area contributed by atoms with E-state index in [1.807, 2.05) is 24.3 Å². The molecule has 1 unspecified atom stereocenters. The van der Waals surface area contributed by atoms with Crippen molar-refractivity contribution in [1.29, 1.82) is 0 Å². The van der Waals surface area contributed by atoms with Crippen molar-refractivity contribution < 1.29 is 9.90 Å². The number of hydrogen-bond acceptors (Lipinski definition) is 2. The zero-order chi connectivity index (χ0) is 11.6. The molecule has 2 rings (SSSR count). The molecule has 1 aromatic rings. The monoisotopic (exact) mass is 300 g/mol. The summed E-state index contributed by atoms with van der Waals surface area (Å²) in [5.41, 5.74) is 1.08. The molecule has 0 amide bonds. The van der Waals surface area contributed by atoms with E-state index >= 15 is 0 Å². The third-order valence-corrected chi connectivity index (χ3v) is 5.27. The van der Waals surface area contributed by atoms with Gasteiger partial charge in [-0.2, -0.15) is 0 Å². The van der Waals surface area contributed by atoms with Gasteiger partial charge in [-0.3, -0.25) is 4.79 Å². The molecule has 0 spiro atoms. The summed E-state index contributed by atoms with van der Waals surface area (Å²) in [5, 5.41) is 9.38. The Morgan fingerprint density at radius 3 is 2.81 bits per heavy atom. The van der Waals surface area contributed by atoms with Gasteiger partial charge < -0.3 is 5.11 Å². The van der Waals surface area contributed by atoms with Crippen molar-refractivity contribution in [2.75, 3.05) is 5.75 Å². The molecule has 1 aromatic carbocycles. The molecule has 1 saturated heterocycles. The number of carboxylic acid groups (broad SMARTS) is 1. The van der Waals surface area contributed by atoms with E-state index in [0.29, 0.717) is 6.42 Å². The van der Waals surface area contributed by atoms with Crippen LogP contribution in [0.5, 0.6) is 0 Å². The van der Waals surface area contributed by atoms with E-state index in [1.54, 1.807) is 11.8 Å². The van der Waals surface area contributed by atoms with Crippen LogP contribution in [-0.2, 0) is 11.2 Å². The highest BCUT2D eigenvalue weighted by Gasteiger charge is 2.42. The van der Waals surface area contributed by atoms with Gasteiger partial charge in [0.1, 0.15) is 4.75 Å². The number of carbonyl (C=O) groups is 1. The van der Waals surface area contributed by atoms with Crippen LogP contribution in [0.4, 0.5) is 0 Å². The van der Waals surface area contributed by atoms with E-state index in [9.17, 15) is 9.90 Å². The van der Waals surface area contributed by atoms with E-state index in [1.165, 1.54) is 0 Å². The normalized spacial score (nSPS) is 24.6. The number of thioether (sulfide) groups is 1. The van der Waals surface area contributed by atoms with Gasteiger partial charge in [0.05, 0.1) is 0 Å². The molecule has 0 aliphatic carbocycles. The molecule has 2 nitrogen and oxygen atoms in total. The van der Waals surface area contributed by atoms with Crippen LogP contribution >= 0.6 is 27.7 Å². The average Bonchev–Trinajstić information content (AvgIpc) is 2.71. The van der Waals surface area contributed by atoms with Crippen LogP contribution in [0.15, 0.2) is 28.7 Å². The van der Waals surface area contributed by atoms with Crippen LogP contribution in [0.1, 0.15) is 18.4 Å². The number of halogens is 1. The quantitative estimate of drug-likeness (QED) is 0.930. The molecule has 0 radical (unpaired) electrons. The highest BCUT2D eigenvalue weighted by molar-refractivity contribution is 9.10. The fraction of sp³-hybridized carbons (Fsp3) is 0.417. The molecular formula is C12H13BrO2S. The molecule has 0 bridgehead atoms. The minimum absolute atomic E-state index is 0.606. The van der Waals surface area contributed by atoms with Gasteiger partial charge in [0.15, 0.2) is 0 Å². The van der Waals surface area contributed by atoms with Gasteiger partial charge in [-0.05, 0) is 36.6 Å². The predicted molar refractivity (Wildman–Crippen MR) is 69.9 cm³/mol. The summed E-state index contributed by atoms with van der Waals surface area (Å²) in [6, 6.07) is 7.86. The summed E-state index contributed by atoms with van der Waals surface area (Å²) in [7, 11) is 0. The molecule has 1 aliphatic heterocycles. The van der Waals surface area contributed by atoms with Crippen LogP contribution < -0.4 is 0 Å². The molecule has 1 heterocycles. The van der Waals surface area contributed by atoms with E-state index in [2.05, 4.69) is 15.9 Å². The summed E-state index contributed by atoms with van der Waals surface area (Å²) in [5.74, 6) is 0.280. The fourth-order valence-electron chi connectivity index (χ4n) is 2.03. The maximum Gasteiger partial charge on any atom is 0.320 e. The first kappa shape index (κ1) is 12.0. The van der Waals surface area contributed by atoms with Crippen molar-refractivity contribution >= 4 is 33.7 Å². The lowest BCUT2D eigenvalue weighted by molar-refractivity contribution is -0.139. The molecule has 0 saturated carbocycles. The Bertz CT molecular complexity index is 400. The highest BCUT2D eigenvalue weighted by atomic mass is 79.9. The van der Waals surface area contributed by atoms with Gasteiger partial charge in [-0.1, -0.05) is 34.1 Å². The molecular weight excluding hydrogens is 288 g/mol. The van der Waals surface area contributed by atoms with Gasteiger partial charge in [0, 0.05) is 4.47 Å². The Labute approximate surface area is 108 Å². The van der Waals surface area contributed by atoms with Crippen molar-refractivity contribution in [3.63, 3.8) is 0 Å². The zero-order valence-corrected chi connectivity index (χ0v) is 11.2. The van der Waals surface area contributed by atoms with Crippen LogP contribution in [-0.4, -0.2) is 21.6 Å². The van der Waals surface area contributed by atoms with Crippen LogP contribution in [0.2, 0.25) is 0 Å². The second-order valence-electron chi connectivity index (χ2n) is 4.02. The third-order valence-electron chi connectivity index (χ3n) is 2.93. The molecule has 1 fully saturated rings. The number of benzene rings is 1. The Morgan fingerprint density at radius 1 is 1.50 bits per heavy atom. The highest BCUT2D eigenvalue weighted by Crippen LogP contribution is 2.42. The summed E-state index contributed by atoms with van der Waals surface area (Å²) in [6.07, 6.45) is 2.38. The summed E-state index contributed by atoms with van der Waals surface area (Å²) in [6.45, 7) is 0. The van der Waals surface area contributed by atoms with Gasteiger partial charge >= 0.3 is 5.97 Å². The zero-order valence-electron chi connectivity index (χ0n) is 8.78. The van der Waals surface area contributed by atoms with E-state index in [0.717, 1.165) is 28.6 Å². The predicted octanol–water partition coefficient (Wildman–Crippen LogP) is 3.34. The minimum atomic E-state index is -0.675. The molecule has 4 heteroatoms. The summed E-state index contributed by atoms with van der Waals surface area (Å²) < 4.78 is 0.396. The Balaban J connectivity index is 2.25. The van der Waals surface area contributed by atoms with Crippen LogP contribution in [0.3, 0.4) is 0 Å². The second kappa shape index (κ2) is 4.80. The van der Waals surface area contributed by atoms with Gasteiger partial charge in [0.25, 0.3) is 0 Å². The average molecular weight is 301 g/mol. The molecule has 1 aliphatic rings.